The Morgan fingerprint density at radius 1 is 1.24 bits per heavy atom. The summed E-state index contributed by atoms with van der Waals surface area (Å²) in [6.07, 6.45) is 6.44. The molecule has 25 heavy (non-hydrogen) atoms. The lowest BCUT2D eigenvalue weighted by Crippen LogP contribution is -2.20. The van der Waals surface area contributed by atoms with E-state index in [4.69, 9.17) is 0 Å². The monoisotopic (exact) mass is 331 g/mol. The highest BCUT2D eigenvalue weighted by molar-refractivity contribution is 6.09. The molecule has 0 spiro atoms. The molecule has 0 aliphatic heterocycles. The zero-order valence-electron chi connectivity index (χ0n) is 13.3. The van der Waals surface area contributed by atoms with E-state index >= 15 is 0 Å². The minimum Gasteiger partial charge on any atom is -0.287 e. The number of nitrogens with one attached hydrogen (secondary N) is 1. The number of benzene rings is 1. The van der Waals surface area contributed by atoms with Crippen LogP contribution in [0.15, 0.2) is 59.9 Å². The molecular formula is C18H13N5O2. The van der Waals surface area contributed by atoms with Crippen molar-refractivity contribution in [2.24, 2.45) is 7.05 Å². The summed E-state index contributed by atoms with van der Waals surface area (Å²) < 4.78 is 1.59. The number of H-pyrrole nitrogens is 1. The number of aromatic amines is 1. The van der Waals surface area contributed by atoms with Crippen LogP contribution in [0.5, 0.6) is 0 Å². The van der Waals surface area contributed by atoms with Crippen LogP contribution in [0.2, 0.25) is 0 Å². The van der Waals surface area contributed by atoms with Crippen molar-refractivity contribution in [1.82, 2.24) is 25.0 Å². The van der Waals surface area contributed by atoms with E-state index in [1.54, 1.807) is 54.6 Å². The lowest BCUT2D eigenvalue weighted by atomic mass is 10.0. The molecule has 7 nitrogen and oxygen atoms in total. The highest BCUT2D eigenvalue weighted by Crippen LogP contribution is 2.17. The van der Waals surface area contributed by atoms with Gasteiger partial charge in [-0.15, -0.1) is 0 Å². The van der Waals surface area contributed by atoms with E-state index in [2.05, 4.69) is 20.3 Å². The number of hydrogen-bond donors (Lipinski definition) is 1. The first-order valence-electron chi connectivity index (χ1n) is 7.60. The third-order valence-electron chi connectivity index (χ3n) is 3.94. The van der Waals surface area contributed by atoms with E-state index in [1.165, 1.54) is 6.20 Å². The second-order valence-corrected chi connectivity index (χ2v) is 5.62. The van der Waals surface area contributed by atoms with Gasteiger partial charge in [0.15, 0.2) is 5.69 Å². The van der Waals surface area contributed by atoms with Crippen LogP contribution in [-0.4, -0.2) is 30.7 Å². The van der Waals surface area contributed by atoms with E-state index in [9.17, 15) is 9.59 Å². The van der Waals surface area contributed by atoms with Crippen molar-refractivity contribution in [3.8, 4) is 11.1 Å². The molecule has 0 bridgehead atoms. The van der Waals surface area contributed by atoms with Crippen molar-refractivity contribution in [2.45, 2.75) is 0 Å². The molecule has 0 fully saturated rings. The summed E-state index contributed by atoms with van der Waals surface area (Å²) in [7, 11) is 1.76. The number of hydrogen-bond acceptors (Lipinski definition) is 5. The second kappa shape index (κ2) is 5.79. The number of aryl methyl sites for hydroxylation is 1. The molecule has 122 valence electrons. The predicted molar refractivity (Wildman–Crippen MR) is 92.2 cm³/mol. The van der Waals surface area contributed by atoms with E-state index in [1.807, 2.05) is 6.07 Å². The Balaban J connectivity index is 1.80. The SMILES string of the molecule is Cn1cc(-c2c[nH]nc(C(=O)c3ccc4ncccc4c3)c2=O)cn1. The van der Waals surface area contributed by atoms with E-state index in [0.717, 1.165) is 10.9 Å². The van der Waals surface area contributed by atoms with E-state index in [0.29, 0.717) is 16.7 Å². The topological polar surface area (TPSA) is 93.5 Å². The van der Waals surface area contributed by atoms with Crippen LogP contribution in [0.1, 0.15) is 16.1 Å². The summed E-state index contributed by atoms with van der Waals surface area (Å²) in [5.74, 6) is -0.433. The Morgan fingerprint density at radius 3 is 2.92 bits per heavy atom. The predicted octanol–water partition coefficient (Wildman–Crippen LogP) is 1.95. The van der Waals surface area contributed by atoms with Crippen molar-refractivity contribution in [3.05, 3.63) is 76.6 Å². The van der Waals surface area contributed by atoms with Gasteiger partial charge in [0.25, 0.3) is 0 Å². The Kier molecular flexibility index (Phi) is 3.46. The molecule has 0 atom stereocenters. The molecule has 3 heterocycles. The Labute approximate surface area is 142 Å². The van der Waals surface area contributed by atoms with Gasteiger partial charge in [-0.2, -0.15) is 10.2 Å². The standard InChI is InChI=1S/C18H13N5O2/c1-23-10-13(8-21-23)14-9-20-22-16(18(14)25)17(24)12-4-5-15-11(7-12)3-2-6-19-15/h2-10H,1H3,(H,20,25). The van der Waals surface area contributed by atoms with Gasteiger partial charge in [0.2, 0.25) is 11.2 Å². The first-order valence-corrected chi connectivity index (χ1v) is 7.60. The average Bonchev–Trinajstić information content (AvgIpc) is 3.07. The highest BCUT2D eigenvalue weighted by atomic mass is 16.1. The number of rotatable bonds is 3. The van der Waals surface area contributed by atoms with Gasteiger partial charge in [0, 0.05) is 42.2 Å². The average molecular weight is 331 g/mol. The first-order chi connectivity index (χ1) is 12.1. The first kappa shape index (κ1) is 14.9. The Bertz CT molecular complexity index is 1160. The molecule has 4 aromatic rings. The summed E-state index contributed by atoms with van der Waals surface area (Å²) >= 11 is 0. The largest absolute Gasteiger partial charge is 0.287 e. The van der Waals surface area contributed by atoms with Gasteiger partial charge in [-0.3, -0.25) is 24.4 Å². The number of carbonyl (C=O) groups is 1. The molecule has 0 aliphatic carbocycles. The molecule has 0 saturated carbocycles. The van der Waals surface area contributed by atoms with Crippen molar-refractivity contribution in [3.63, 3.8) is 0 Å². The van der Waals surface area contributed by atoms with Crippen LogP contribution in [0.3, 0.4) is 0 Å². The third-order valence-corrected chi connectivity index (χ3v) is 3.94. The minimum absolute atomic E-state index is 0.149. The van der Waals surface area contributed by atoms with Gasteiger partial charge in [-0.1, -0.05) is 6.07 Å². The Hall–Kier alpha value is -3.61. The lowest BCUT2D eigenvalue weighted by molar-refractivity contribution is 0.103. The summed E-state index contributed by atoms with van der Waals surface area (Å²) in [5.41, 5.74) is 1.58. The van der Waals surface area contributed by atoms with Gasteiger partial charge in [-0.25, -0.2) is 0 Å². The zero-order valence-corrected chi connectivity index (χ0v) is 13.3. The quantitative estimate of drug-likeness (QED) is 0.579. The molecule has 7 heteroatoms. The number of aromatic nitrogens is 5. The summed E-state index contributed by atoms with van der Waals surface area (Å²) in [5, 5.41) is 11.4. The molecule has 0 aliphatic rings. The molecule has 0 saturated heterocycles. The van der Waals surface area contributed by atoms with Gasteiger partial charge in [0.05, 0.1) is 17.3 Å². The maximum absolute atomic E-state index is 12.8. The van der Waals surface area contributed by atoms with E-state index in [-0.39, 0.29) is 5.69 Å². The zero-order chi connectivity index (χ0) is 17.4. The fraction of sp³-hybridized carbons (Fsp3) is 0.0556. The maximum Gasteiger partial charge on any atom is 0.219 e. The van der Waals surface area contributed by atoms with Gasteiger partial charge >= 0.3 is 0 Å². The fourth-order valence-corrected chi connectivity index (χ4v) is 2.69. The van der Waals surface area contributed by atoms with Crippen LogP contribution in [0, 0.1) is 0 Å². The molecule has 3 aromatic heterocycles. The van der Waals surface area contributed by atoms with Crippen molar-refractivity contribution in [2.75, 3.05) is 0 Å². The normalized spacial score (nSPS) is 10.9. The summed E-state index contributed by atoms with van der Waals surface area (Å²) in [6.45, 7) is 0. The Morgan fingerprint density at radius 2 is 2.12 bits per heavy atom. The van der Waals surface area contributed by atoms with Gasteiger partial charge in [-0.05, 0) is 24.3 Å². The van der Waals surface area contributed by atoms with Crippen LogP contribution < -0.4 is 5.43 Å². The highest BCUT2D eigenvalue weighted by Gasteiger charge is 2.19. The number of pyridine rings is 1. The van der Waals surface area contributed by atoms with E-state index < -0.39 is 11.2 Å². The summed E-state index contributed by atoms with van der Waals surface area (Å²) in [4.78, 5) is 29.7. The maximum atomic E-state index is 12.8. The van der Waals surface area contributed by atoms with Gasteiger partial charge in [0.1, 0.15) is 0 Å². The lowest BCUT2D eigenvalue weighted by Gasteiger charge is -2.03. The second-order valence-electron chi connectivity index (χ2n) is 5.62. The molecule has 4 rings (SSSR count). The molecule has 1 aromatic carbocycles. The molecular weight excluding hydrogens is 318 g/mol. The number of ketones is 1. The number of nitrogens with zero attached hydrogens (tertiary/aromatic N) is 4. The van der Waals surface area contributed by atoms with Crippen LogP contribution in [-0.2, 0) is 7.05 Å². The van der Waals surface area contributed by atoms with Crippen molar-refractivity contribution >= 4 is 16.7 Å². The molecule has 1 N–H and O–H groups in total. The molecule has 0 amide bonds. The fourth-order valence-electron chi connectivity index (χ4n) is 2.69. The van der Waals surface area contributed by atoms with Gasteiger partial charge < -0.3 is 0 Å². The molecule has 0 radical (unpaired) electrons. The smallest absolute Gasteiger partial charge is 0.219 e. The van der Waals surface area contributed by atoms with Crippen LogP contribution in [0.4, 0.5) is 0 Å². The van der Waals surface area contributed by atoms with Crippen molar-refractivity contribution < 1.29 is 4.79 Å². The van der Waals surface area contributed by atoms with Crippen LogP contribution in [0.25, 0.3) is 22.0 Å². The minimum atomic E-state index is -0.433. The van der Waals surface area contributed by atoms with Crippen LogP contribution >= 0.6 is 0 Å². The summed E-state index contributed by atoms with van der Waals surface area (Å²) in [6, 6.07) is 8.77. The number of fused-ring (bicyclic) bond motifs is 1. The molecule has 0 unspecified atom stereocenters. The third kappa shape index (κ3) is 2.61. The number of carbonyl (C=O) groups excluding carboxylic acids is 1. The van der Waals surface area contributed by atoms with Crippen molar-refractivity contribution in [1.29, 1.82) is 0 Å².